The van der Waals surface area contributed by atoms with Crippen molar-refractivity contribution in [3.05, 3.63) is 12.3 Å². The molecular formula is C14H25BrN4. The van der Waals surface area contributed by atoms with Gasteiger partial charge < -0.3 is 5.73 Å². The van der Waals surface area contributed by atoms with Crippen molar-refractivity contribution in [1.82, 2.24) is 0 Å². The normalized spacial score (nSPS) is 13.2. The van der Waals surface area contributed by atoms with Gasteiger partial charge in [0.15, 0.2) is 10.6 Å². The Labute approximate surface area is 125 Å². The number of aliphatic imine (C=N–C) groups is 3. The summed E-state index contributed by atoms with van der Waals surface area (Å²) in [5.41, 5.74) is 6.02. The van der Waals surface area contributed by atoms with E-state index in [9.17, 15) is 0 Å². The highest BCUT2D eigenvalue weighted by Gasteiger charge is 1.99. The minimum atomic E-state index is 0.355. The van der Waals surface area contributed by atoms with E-state index < -0.39 is 0 Å². The molecule has 0 atom stereocenters. The highest BCUT2D eigenvalue weighted by molar-refractivity contribution is 9.18. The monoisotopic (exact) mass is 328 g/mol. The average molecular weight is 329 g/mol. The maximum atomic E-state index is 5.66. The van der Waals surface area contributed by atoms with Gasteiger partial charge >= 0.3 is 0 Å². The van der Waals surface area contributed by atoms with Crippen LogP contribution in [0.1, 0.15) is 52.4 Å². The van der Waals surface area contributed by atoms with Gasteiger partial charge in [-0.1, -0.05) is 39.7 Å². The first-order chi connectivity index (χ1) is 9.11. The molecule has 0 radical (unpaired) electrons. The standard InChI is InChI=1S/C14H25BrN4/c1-4-6-8-10-17-13(12(3)16)19-14(15)18-11-9-7-5-2/h10H,3-9,11,16H2,1-2H3. The molecular weight excluding hydrogens is 304 g/mol. The van der Waals surface area contributed by atoms with Crippen molar-refractivity contribution in [2.45, 2.75) is 52.4 Å². The average Bonchev–Trinajstić information content (AvgIpc) is 2.38. The lowest BCUT2D eigenvalue weighted by Crippen LogP contribution is -2.09. The van der Waals surface area contributed by atoms with Gasteiger partial charge in [-0.25, -0.2) is 9.98 Å². The highest BCUT2D eigenvalue weighted by atomic mass is 79.9. The quantitative estimate of drug-likeness (QED) is 0.310. The Hall–Kier alpha value is -0.970. The number of amidine groups is 2. The minimum Gasteiger partial charge on any atom is -0.396 e. The molecule has 2 N–H and O–H groups in total. The van der Waals surface area contributed by atoms with Crippen molar-refractivity contribution in [2.75, 3.05) is 6.54 Å². The molecule has 0 aliphatic rings. The van der Waals surface area contributed by atoms with E-state index in [2.05, 4.69) is 51.3 Å². The number of nitrogens with zero attached hydrogens (tertiary/aromatic N) is 3. The summed E-state index contributed by atoms with van der Waals surface area (Å²) in [4.78, 5) is 12.8. The number of nitrogens with two attached hydrogens (primary N) is 1. The first-order valence-corrected chi connectivity index (χ1v) is 7.67. The lowest BCUT2D eigenvalue weighted by molar-refractivity contribution is 0.729. The molecule has 0 saturated carbocycles. The number of hydrogen-bond acceptors (Lipinski definition) is 2. The predicted octanol–water partition coefficient (Wildman–Crippen LogP) is 4.06. The fraction of sp³-hybridized carbons (Fsp3) is 0.643. The van der Waals surface area contributed by atoms with Crippen LogP contribution in [0.3, 0.4) is 0 Å². The fourth-order valence-corrected chi connectivity index (χ4v) is 1.63. The summed E-state index contributed by atoms with van der Waals surface area (Å²) in [7, 11) is 0. The molecule has 0 amide bonds. The van der Waals surface area contributed by atoms with Crippen LogP contribution in [0.4, 0.5) is 0 Å². The Morgan fingerprint density at radius 1 is 1.21 bits per heavy atom. The Balaban J connectivity index is 4.46. The van der Waals surface area contributed by atoms with Gasteiger partial charge in [-0.15, -0.1) is 0 Å². The van der Waals surface area contributed by atoms with Gasteiger partial charge in [0.1, 0.15) is 0 Å². The zero-order valence-corrected chi connectivity index (χ0v) is 13.6. The zero-order chi connectivity index (χ0) is 14.5. The molecule has 0 aromatic heterocycles. The van der Waals surface area contributed by atoms with Crippen molar-refractivity contribution in [3.8, 4) is 0 Å². The number of rotatable bonds is 8. The van der Waals surface area contributed by atoms with Gasteiger partial charge in [0, 0.05) is 12.8 Å². The Morgan fingerprint density at radius 3 is 2.47 bits per heavy atom. The maximum absolute atomic E-state index is 5.66. The van der Waals surface area contributed by atoms with E-state index in [0.717, 1.165) is 32.2 Å². The summed E-state index contributed by atoms with van der Waals surface area (Å²) in [6, 6.07) is 0. The van der Waals surface area contributed by atoms with E-state index in [4.69, 9.17) is 5.73 Å². The molecule has 0 aromatic rings. The third-order valence-electron chi connectivity index (χ3n) is 2.39. The van der Waals surface area contributed by atoms with Gasteiger partial charge in [0.25, 0.3) is 0 Å². The largest absolute Gasteiger partial charge is 0.396 e. The summed E-state index contributed by atoms with van der Waals surface area (Å²) >= 11 is 3.31. The Bertz CT molecular complexity index is 345. The third-order valence-corrected chi connectivity index (χ3v) is 2.82. The molecule has 0 bridgehead atoms. The van der Waals surface area contributed by atoms with Gasteiger partial charge in [0.2, 0.25) is 0 Å². The van der Waals surface area contributed by atoms with E-state index in [-0.39, 0.29) is 0 Å². The van der Waals surface area contributed by atoms with Crippen LogP contribution < -0.4 is 5.73 Å². The second-order valence-electron chi connectivity index (χ2n) is 4.27. The lowest BCUT2D eigenvalue weighted by atomic mass is 10.2. The molecule has 108 valence electrons. The molecule has 5 heteroatoms. The van der Waals surface area contributed by atoms with Gasteiger partial charge in [0.05, 0.1) is 5.70 Å². The molecule has 19 heavy (non-hydrogen) atoms. The van der Waals surface area contributed by atoms with E-state index in [1.807, 2.05) is 6.21 Å². The van der Waals surface area contributed by atoms with E-state index in [1.54, 1.807) is 0 Å². The molecule has 0 saturated heterocycles. The molecule has 0 aromatic carbocycles. The smallest absolute Gasteiger partial charge is 0.194 e. The molecule has 0 rings (SSSR count). The van der Waals surface area contributed by atoms with Crippen LogP contribution in [0.15, 0.2) is 27.3 Å². The second-order valence-corrected chi connectivity index (χ2v) is 4.98. The number of halogens is 1. The van der Waals surface area contributed by atoms with Crippen LogP contribution in [0, 0.1) is 0 Å². The third kappa shape index (κ3) is 10.6. The van der Waals surface area contributed by atoms with E-state index in [1.165, 1.54) is 12.8 Å². The topological polar surface area (TPSA) is 63.1 Å². The molecule has 0 aliphatic heterocycles. The van der Waals surface area contributed by atoms with Gasteiger partial charge in [-0.3, -0.25) is 4.99 Å². The SMILES string of the molecule is C=C(N)C(N=CCCCC)=NC(Br)=NCCCCC. The molecule has 0 spiro atoms. The first-order valence-electron chi connectivity index (χ1n) is 6.87. The summed E-state index contributed by atoms with van der Waals surface area (Å²) in [6.07, 6.45) is 8.44. The van der Waals surface area contributed by atoms with Gasteiger partial charge in [-0.2, -0.15) is 0 Å². The number of unbranched alkanes of at least 4 members (excludes halogenated alkanes) is 4. The lowest BCUT2D eigenvalue weighted by Gasteiger charge is -1.99. The van der Waals surface area contributed by atoms with Crippen LogP contribution in [-0.4, -0.2) is 23.3 Å². The van der Waals surface area contributed by atoms with E-state index in [0.29, 0.717) is 16.3 Å². The van der Waals surface area contributed by atoms with Crippen LogP contribution >= 0.6 is 15.9 Å². The Kier molecular flexibility index (Phi) is 11.5. The summed E-state index contributed by atoms with van der Waals surface area (Å²) < 4.78 is 0.526. The predicted molar refractivity (Wildman–Crippen MR) is 89.5 cm³/mol. The summed E-state index contributed by atoms with van der Waals surface area (Å²) in [5, 5.41) is 0. The van der Waals surface area contributed by atoms with Crippen LogP contribution in [0.25, 0.3) is 0 Å². The van der Waals surface area contributed by atoms with Crippen molar-refractivity contribution in [3.63, 3.8) is 0 Å². The van der Waals surface area contributed by atoms with E-state index >= 15 is 0 Å². The second kappa shape index (κ2) is 12.1. The zero-order valence-electron chi connectivity index (χ0n) is 12.0. The van der Waals surface area contributed by atoms with Crippen molar-refractivity contribution >= 4 is 32.7 Å². The highest BCUT2D eigenvalue weighted by Crippen LogP contribution is 2.01. The van der Waals surface area contributed by atoms with Crippen LogP contribution in [-0.2, 0) is 0 Å². The summed E-state index contributed by atoms with van der Waals surface area (Å²) in [6.45, 7) is 8.75. The first kappa shape index (κ1) is 18.0. The van der Waals surface area contributed by atoms with Crippen molar-refractivity contribution in [1.29, 1.82) is 0 Å². The molecule has 0 fully saturated rings. The van der Waals surface area contributed by atoms with Crippen LogP contribution in [0.5, 0.6) is 0 Å². The maximum Gasteiger partial charge on any atom is 0.194 e. The van der Waals surface area contributed by atoms with Crippen molar-refractivity contribution in [2.24, 2.45) is 20.7 Å². The molecule has 0 heterocycles. The van der Waals surface area contributed by atoms with Crippen LogP contribution in [0.2, 0.25) is 0 Å². The molecule has 4 nitrogen and oxygen atoms in total. The molecule has 0 aliphatic carbocycles. The van der Waals surface area contributed by atoms with Crippen molar-refractivity contribution < 1.29 is 0 Å². The Morgan fingerprint density at radius 2 is 1.89 bits per heavy atom. The summed E-state index contributed by atoms with van der Waals surface area (Å²) in [5.74, 6) is 0.433. The minimum absolute atomic E-state index is 0.355. The van der Waals surface area contributed by atoms with Gasteiger partial charge in [-0.05, 0) is 35.2 Å². The molecule has 0 unspecified atom stereocenters. The number of hydrogen-bond donors (Lipinski definition) is 1. The fourth-order valence-electron chi connectivity index (χ4n) is 1.29.